The molecule has 188 valence electrons. The van der Waals surface area contributed by atoms with Gasteiger partial charge in [-0.1, -0.05) is 15.9 Å². The van der Waals surface area contributed by atoms with Gasteiger partial charge in [0.15, 0.2) is 29.6 Å². The van der Waals surface area contributed by atoms with E-state index in [1.807, 2.05) is 19.1 Å². The Hall–Kier alpha value is -4.05. The maximum atomic E-state index is 12.7. The second-order valence-electron chi connectivity index (χ2n) is 7.13. The Kier molecular flexibility index (Phi) is 9.70. The largest absolute Gasteiger partial charge is 0.493 e. The number of carbonyl (C=O) groups excluding carboxylic acids is 2. The summed E-state index contributed by atoms with van der Waals surface area (Å²) in [5.74, 6) is 1.06. The molecule has 0 atom stereocenters. The van der Waals surface area contributed by atoms with Crippen LogP contribution in [0.3, 0.4) is 0 Å². The second-order valence-corrected chi connectivity index (χ2v) is 8.05. The van der Waals surface area contributed by atoms with Crippen LogP contribution in [0.1, 0.15) is 22.8 Å². The maximum absolute atomic E-state index is 12.7. The molecule has 0 heterocycles. The van der Waals surface area contributed by atoms with E-state index in [0.717, 1.165) is 4.47 Å². The highest BCUT2D eigenvalue weighted by Gasteiger charge is 2.16. The van der Waals surface area contributed by atoms with Gasteiger partial charge in [0.2, 0.25) is 0 Å². The van der Waals surface area contributed by atoms with Crippen molar-refractivity contribution in [3.05, 3.63) is 76.3 Å². The molecule has 0 spiro atoms. The van der Waals surface area contributed by atoms with E-state index in [1.165, 1.54) is 26.5 Å². The summed E-state index contributed by atoms with van der Waals surface area (Å²) >= 11 is 3.34. The van der Waals surface area contributed by atoms with Crippen molar-refractivity contribution in [1.29, 1.82) is 0 Å². The third-order valence-corrected chi connectivity index (χ3v) is 5.20. The van der Waals surface area contributed by atoms with E-state index in [1.54, 1.807) is 42.5 Å². The lowest BCUT2D eigenvalue weighted by Crippen LogP contribution is -2.24. The molecule has 0 aromatic heterocycles. The predicted octanol–water partition coefficient (Wildman–Crippen LogP) is 4.61. The van der Waals surface area contributed by atoms with Gasteiger partial charge in [0.05, 0.1) is 32.6 Å². The first-order valence-corrected chi connectivity index (χ1v) is 11.6. The van der Waals surface area contributed by atoms with Crippen LogP contribution in [0.5, 0.6) is 28.7 Å². The van der Waals surface area contributed by atoms with E-state index in [-0.39, 0.29) is 17.9 Å². The average Bonchev–Trinajstić information content (AvgIpc) is 2.89. The first-order chi connectivity index (χ1) is 17.4. The van der Waals surface area contributed by atoms with Crippen molar-refractivity contribution in [2.24, 2.45) is 5.10 Å². The molecule has 0 unspecified atom stereocenters. The molecule has 9 nitrogen and oxygen atoms in total. The summed E-state index contributed by atoms with van der Waals surface area (Å²) in [5.41, 5.74) is 3.31. The fourth-order valence-electron chi connectivity index (χ4n) is 2.97. The number of hydrazone groups is 1. The highest BCUT2D eigenvalue weighted by molar-refractivity contribution is 9.10. The van der Waals surface area contributed by atoms with Gasteiger partial charge in [-0.15, -0.1) is 0 Å². The Labute approximate surface area is 217 Å². The minimum atomic E-state index is -0.587. The molecule has 0 fully saturated rings. The summed E-state index contributed by atoms with van der Waals surface area (Å²) in [7, 11) is 3.00. The number of hydrogen-bond donors (Lipinski definition) is 1. The second kappa shape index (κ2) is 13.1. The molecule has 0 radical (unpaired) electrons. The number of amides is 1. The van der Waals surface area contributed by atoms with Crippen molar-refractivity contribution in [2.45, 2.75) is 6.92 Å². The van der Waals surface area contributed by atoms with Crippen LogP contribution in [-0.4, -0.2) is 45.5 Å². The molecule has 10 heteroatoms. The highest BCUT2D eigenvalue weighted by atomic mass is 79.9. The molecule has 36 heavy (non-hydrogen) atoms. The lowest BCUT2D eigenvalue weighted by molar-refractivity contribution is -0.123. The fourth-order valence-corrected chi connectivity index (χ4v) is 3.23. The van der Waals surface area contributed by atoms with E-state index < -0.39 is 11.9 Å². The van der Waals surface area contributed by atoms with Gasteiger partial charge in [-0.3, -0.25) is 4.79 Å². The number of carbonyl (C=O) groups is 2. The van der Waals surface area contributed by atoms with Gasteiger partial charge in [-0.25, -0.2) is 10.2 Å². The number of methoxy groups -OCH3 is 2. The van der Waals surface area contributed by atoms with Crippen molar-refractivity contribution in [2.75, 3.05) is 27.4 Å². The van der Waals surface area contributed by atoms with Gasteiger partial charge in [0.25, 0.3) is 5.91 Å². The van der Waals surface area contributed by atoms with Gasteiger partial charge >= 0.3 is 5.97 Å². The van der Waals surface area contributed by atoms with Crippen LogP contribution in [0, 0.1) is 0 Å². The zero-order valence-electron chi connectivity index (χ0n) is 19.9. The molecule has 3 rings (SSSR count). The molecule has 1 amide bonds. The van der Waals surface area contributed by atoms with Crippen LogP contribution in [0.2, 0.25) is 0 Å². The minimum Gasteiger partial charge on any atom is -0.493 e. The van der Waals surface area contributed by atoms with E-state index in [9.17, 15) is 9.59 Å². The van der Waals surface area contributed by atoms with Gasteiger partial charge < -0.3 is 23.7 Å². The SMILES string of the molecule is CCOc1cc(/C=N/NC(=O)COc2ccc(Br)cc2)ccc1OC(=O)c1ccc(OC)c(OC)c1. The highest BCUT2D eigenvalue weighted by Crippen LogP contribution is 2.31. The number of ether oxygens (including phenoxy) is 5. The van der Waals surface area contributed by atoms with E-state index in [4.69, 9.17) is 23.7 Å². The van der Waals surface area contributed by atoms with Gasteiger partial charge in [-0.2, -0.15) is 5.10 Å². The first-order valence-electron chi connectivity index (χ1n) is 10.8. The molecule has 1 N–H and O–H groups in total. The molecule has 0 aliphatic carbocycles. The summed E-state index contributed by atoms with van der Waals surface area (Å²) in [6.45, 7) is 1.98. The van der Waals surface area contributed by atoms with Gasteiger partial charge in [0, 0.05) is 4.47 Å². The van der Waals surface area contributed by atoms with Crippen LogP contribution in [-0.2, 0) is 4.79 Å². The smallest absolute Gasteiger partial charge is 0.343 e. The van der Waals surface area contributed by atoms with Crippen LogP contribution in [0.25, 0.3) is 0 Å². The third-order valence-electron chi connectivity index (χ3n) is 4.68. The summed E-state index contributed by atoms with van der Waals surface area (Å²) in [5, 5.41) is 3.94. The van der Waals surface area contributed by atoms with Crippen molar-refractivity contribution in [3.63, 3.8) is 0 Å². The predicted molar refractivity (Wildman–Crippen MR) is 137 cm³/mol. The first kappa shape index (κ1) is 26.6. The van der Waals surface area contributed by atoms with E-state index in [0.29, 0.717) is 35.2 Å². The summed E-state index contributed by atoms with van der Waals surface area (Å²) < 4.78 is 27.9. The standard InChI is InChI=1S/C26H25BrN2O7/c1-4-34-24-13-17(15-28-29-25(30)16-35-20-9-7-19(27)8-10-20)5-11-22(24)36-26(31)18-6-12-21(32-2)23(14-18)33-3/h5-15H,4,16H2,1-3H3,(H,29,30)/b28-15+. The quantitative estimate of drug-likeness (QED) is 0.159. The van der Waals surface area contributed by atoms with Crippen molar-refractivity contribution >= 4 is 34.0 Å². The molecule has 0 aliphatic heterocycles. The zero-order chi connectivity index (χ0) is 25.9. The summed E-state index contributed by atoms with van der Waals surface area (Å²) in [6, 6.07) is 16.8. The number of benzene rings is 3. The molecule has 3 aromatic carbocycles. The summed E-state index contributed by atoms with van der Waals surface area (Å²) in [6.07, 6.45) is 1.44. The number of nitrogens with one attached hydrogen (secondary N) is 1. The molecular formula is C26H25BrN2O7. The Morgan fingerprint density at radius 3 is 2.31 bits per heavy atom. The molecule has 3 aromatic rings. The van der Waals surface area contributed by atoms with Crippen molar-refractivity contribution in [3.8, 4) is 28.7 Å². The monoisotopic (exact) mass is 556 g/mol. The van der Waals surface area contributed by atoms with Gasteiger partial charge in [-0.05, 0) is 73.2 Å². The molecule has 0 aliphatic rings. The molecule has 0 bridgehead atoms. The van der Waals surface area contributed by atoms with Crippen molar-refractivity contribution in [1.82, 2.24) is 5.43 Å². The fraction of sp³-hybridized carbons (Fsp3) is 0.192. The average molecular weight is 557 g/mol. The minimum absolute atomic E-state index is 0.186. The van der Waals surface area contributed by atoms with Crippen molar-refractivity contribution < 1.29 is 33.3 Å². The number of nitrogens with zero attached hydrogens (tertiary/aromatic N) is 1. The van der Waals surface area contributed by atoms with Crippen LogP contribution >= 0.6 is 15.9 Å². The van der Waals surface area contributed by atoms with Crippen LogP contribution in [0.15, 0.2) is 70.2 Å². The Morgan fingerprint density at radius 2 is 1.61 bits per heavy atom. The Bertz CT molecular complexity index is 1230. The Balaban J connectivity index is 1.62. The van der Waals surface area contributed by atoms with Crippen LogP contribution < -0.4 is 29.1 Å². The normalized spacial score (nSPS) is 10.6. The third kappa shape index (κ3) is 7.47. The maximum Gasteiger partial charge on any atom is 0.343 e. The Morgan fingerprint density at radius 1 is 0.889 bits per heavy atom. The number of rotatable bonds is 11. The number of halogens is 1. The molecular weight excluding hydrogens is 532 g/mol. The topological polar surface area (TPSA) is 105 Å². The molecule has 0 saturated carbocycles. The number of hydrogen-bond acceptors (Lipinski definition) is 8. The molecule has 0 saturated heterocycles. The van der Waals surface area contributed by atoms with E-state index >= 15 is 0 Å². The van der Waals surface area contributed by atoms with E-state index in [2.05, 4.69) is 26.5 Å². The number of esters is 1. The lowest BCUT2D eigenvalue weighted by Gasteiger charge is -2.12. The summed E-state index contributed by atoms with van der Waals surface area (Å²) in [4.78, 5) is 24.7. The van der Waals surface area contributed by atoms with Gasteiger partial charge in [0.1, 0.15) is 5.75 Å². The van der Waals surface area contributed by atoms with Crippen LogP contribution in [0.4, 0.5) is 0 Å². The zero-order valence-corrected chi connectivity index (χ0v) is 21.5. The lowest BCUT2D eigenvalue weighted by atomic mass is 10.2.